The van der Waals surface area contributed by atoms with Crippen molar-refractivity contribution >= 4 is 5.82 Å². The molecule has 0 spiro atoms. The van der Waals surface area contributed by atoms with Gasteiger partial charge in [-0.25, -0.2) is 9.97 Å². The van der Waals surface area contributed by atoms with E-state index in [2.05, 4.69) is 20.9 Å². The second kappa shape index (κ2) is 7.33. The summed E-state index contributed by atoms with van der Waals surface area (Å²) in [4.78, 5) is 14.3. The van der Waals surface area contributed by atoms with Crippen LogP contribution in [0.2, 0.25) is 0 Å². The quantitative estimate of drug-likeness (QED) is 0.843. The van der Waals surface area contributed by atoms with Crippen molar-refractivity contribution in [2.45, 2.75) is 44.8 Å². The number of rotatable bonds is 3. The first kappa shape index (κ1) is 16.2. The Bertz CT molecular complexity index is 556. The molecule has 0 N–H and O–H groups in total. The molecule has 0 unspecified atom stereocenters. The van der Waals surface area contributed by atoms with Gasteiger partial charge in [-0.2, -0.15) is 0 Å². The van der Waals surface area contributed by atoms with Gasteiger partial charge in [0.2, 0.25) is 0 Å². The van der Waals surface area contributed by atoms with E-state index < -0.39 is 0 Å². The molecule has 0 radical (unpaired) electrons. The number of hydrogen-bond acceptors (Lipinski definition) is 6. The molecule has 0 bridgehead atoms. The maximum atomic E-state index is 6.08. The van der Waals surface area contributed by atoms with Gasteiger partial charge in [0.1, 0.15) is 17.7 Å². The number of nitrogens with zero attached hydrogens (tertiary/aromatic N) is 4. The van der Waals surface area contributed by atoms with Crippen LogP contribution < -0.4 is 4.90 Å². The molecule has 3 fully saturated rings. The molecule has 4 heterocycles. The zero-order valence-electron chi connectivity index (χ0n) is 14.6. The van der Waals surface area contributed by atoms with Gasteiger partial charge in [-0.3, -0.25) is 4.90 Å². The van der Waals surface area contributed by atoms with Crippen LogP contribution in [-0.4, -0.2) is 66.9 Å². The van der Waals surface area contributed by atoms with Gasteiger partial charge in [-0.05, 0) is 32.6 Å². The molecule has 6 heteroatoms. The van der Waals surface area contributed by atoms with E-state index in [1.165, 1.54) is 12.8 Å². The number of ether oxygens (including phenoxy) is 2. The van der Waals surface area contributed by atoms with E-state index in [1.807, 2.05) is 6.92 Å². The Morgan fingerprint density at radius 2 is 1.83 bits per heavy atom. The lowest BCUT2D eigenvalue weighted by Gasteiger charge is -2.39. The Hall–Kier alpha value is -1.24. The fourth-order valence-corrected chi connectivity index (χ4v) is 4.08. The van der Waals surface area contributed by atoms with Gasteiger partial charge in [-0.1, -0.05) is 0 Å². The summed E-state index contributed by atoms with van der Waals surface area (Å²) in [5, 5.41) is 0. The summed E-state index contributed by atoms with van der Waals surface area (Å²) in [6.45, 7) is 8.71. The maximum Gasteiger partial charge on any atom is 0.132 e. The summed E-state index contributed by atoms with van der Waals surface area (Å²) < 4.78 is 11.6. The third-order valence-corrected chi connectivity index (χ3v) is 5.41. The number of aryl methyl sites for hydroxylation is 1. The highest BCUT2D eigenvalue weighted by molar-refractivity contribution is 5.41. The summed E-state index contributed by atoms with van der Waals surface area (Å²) in [6, 6.07) is 2.78. The highest BCUT2D eigenvalue weighted by atomic mass is 16.5. The van der Waals surface area contributed by atoms with Crippen molar-refractivity contribution in [2.24, 2.45) is 0 Å². The zero-order valence-corrected chi connectivity index (χ0v) is 14.6. The van der Waals surface area contributed by atoms with Gasteiger partial charge in [0.25, 0.3) is 0 Å². The van der Waals surface area contributed by atoms with Crippen molar-refractivity contribution in [3.63, 3.8) is 0 Å². The molecule has 6 nitrogen and oxygen atoms in total. The number of anilines is 1. The summed E-state index contributed by atoms with van der Waals surface area (Å²) >= 11 is 0. The SMILES string of the molecule is Cc1nc([C@@H]2CN(C3CCOCC3)CCO2)cc(N2CCCC2)n1. The van der Waals surface area contributed by atoms with Crippen LogP contribution in [0.25, 0.3) is 0 Å². The van der Waals surface area contributed by atoms with E-state index in [1.54, 1.807) is 0 Å². The molecule has 132 valence electrons. The standard InChI is InChI=1S/C18H28N4O2/c1-14-19-16(12-18(20-14)21-6-2-3-7-21)17-13-22(8-11-24-17)15-4-9-23-10-5-15/h12,15,17H,2-11,13H2,1H3/t17-/m0/s1. The Morgan fingerprint density at radius 1 is 1.04 bits per heavy atom. The lowest BCUT2D eigenvalue weighted by molar-refractivity contribution is -0.0647. The second-order valence-corrected chi connectivity index (χ2v) is 7.09. The third-order valence-electron chi connectivity index (χ3n) is 5.41. The molecule has 3 aliphatic rings. The van der Waals surface area contributed by atoms with Crippen LogP contribution >= 0.6 is 0 Å². The van der Waals surface area contributed by atoms with E-state index in [0.717, 1.165) is 76.2 Å². The van der Waals surface area contributed by atoms with Crippen molar-refractivity contribution in [1.82, 2.24) is 14.9 Å². The number of morpholine rings is 1. The summed E-state index contributed by atoms with van der Waals surface area (Å²) in [7, 11) is 0. The fraction of sp³-hybridized carbons (Fsp3) is 0.778. The van der Waals surface area contributed by atoms with Crippen LogP contribution in [0.4, 0.5) is 5.82 Å². The largest absolute Gasteiger partial charge is 0.381 e. The summed E-state index contributed by atoms with van der Waals surface area (Å²) in [5.74, 6) is 1.92. The smallest absolute Gasteiger partial charge is 0.132 e. The van der Waals surface area contributed by atoms with Crippen LogP contribution in [0, 0.1) is 6.92 Å². The first-order valence-corrected chi connectivity index (χ1v) is 9.33. The molecule has 4 rings (SSSR count). The minimum atomic E-state index is 0.0599. The average molecular weight is 332 g/mol. The number of aromatic nitrogens is 2. The molecule has 1 aromatic rings. The van der Waals surface area contributed by atoms with E-state index in [4.69, 9.17) is 14.5 Å². The molecule has 1 aromatic heterocycles. The lowest BCUT2D eigenvalue weighted by atomic mass is 10.0. The van der Waals surface area contributed by atoms with Crippen molar-refractivity contribution in [2.75, 3.05) is 50.9 Å². The van der Waals surface area contributed by atoms with E-state index in [-0.39, 0.29) is 6.10 Å². The van der Waals surface area contributed by atoms with E-state index in [9.17, 15) is 0 Å². The maximum absolute atomic E-state index is 6.08. The Kier molecular flexibility index (Phi) is 4.96. The van der Waals surface area contributed by atoms with Crippen molar-refractivity contribution in [1.29, 1.82) is 0 Å². The third kappa shape index (κ3) is 3.55. The molecule has 0 aromatic carbocycles. The van der Waals surface area contributed by atoms with Gasteiger partial charge in [0.15, 0.2) is 0 Å². The van der Waals surface area contributed by atoms with Gasteiger partial charge < -0.3 is 14.4 Å². The molecule has 0 aliphatic carbocycles. The normalized spacial score (nSPS) is 26.9. The van der Waals surface area contributed by atoms with Gasteiger partial charge in [0.05, 0.1) is 12.3 Å². The van der Waals surface area contributed by atoms with E-state index in [0.29, 0.717) is 6.04 Å². The van der Waals surface area contributed by atoms with Crippen LogP contribution in [0.15, 0.2) is 6.07 Å². The average Bonchev–Trinajstić information content (AvgIpc) is 3.17. The Morgan fingerprint density at radius 3 is 2.62 bits per heavy atom. The number of hydrogen-bond donors (Lipinski definition) is 0. The van der Waals surface area contributed by atoms with Gasteiger partial charge in [-0.15, -0.1) is 0 Å². The van der Waals surface area contributed by atoms with Gasteiger partial charge >= 0.3 is 0 Å². The molecule has 3 saturated heterocycles. The monoisotopic (exact) mass is 332 g/mol. The molecule has 24 heavy (non-hydrogen) atoms. The molecule has 0 saturated carbocycles. The van der Waals surface area contributed by atoms with Crippen molar-refractivity contribution in [3.8, 4) is 0 Å². The molecule has 3 aliphatic heterocycles. The highest BCUT2D eigenvalue weighted by Gasteiger charge is 2.30. The van der Waals surface area contributed by atoms with Crippen molar-refractivity contribution in [3.05, 3.63) is 17.6 Å². The molecular weight excluding hydrogens is 304 g/mol. The Labute approximate surface area is 144 Å². The lowest BCUT2D eigenvalue weighted by Crippen LogP contribution is -2.47. The van der Waals surface area contributed by atoms with Crippen LogP contribution in [0.5, 0.6) is 0 Å². The van der Waals surface area contributed by atoms with Gasteiger partial charge in [0, 0.05) is 51.5 Å². The van der Waals surface area contributed by atoms with Crippen molar-refractivity contribution < 1.29 is 9.47 Å². The summed E-state index contributed by atoms with van der Waals surface area (Å²) in [5.41, 5.74) is 1.04. The minimum absolute atomic E-state index is 0.0599. The van der Waals surface area contributed by atoms with Crippen LogP contribution in [0.3, 0.4) is 0 Å². The molecular formula is C18H28N4O2. The molecule has 0 amide bonds. The van der Waals surface area contributed by atoms with Crippen LogP contribution in [-0.2, 0) is 9.47 Å². The second-order valence-electron chi connectivity index (χ2n) is 7.09. The zero-order chi connectivity index (χ0) is 16.4. The first-order valence-electron chi connectivity index (χ1n) is 9.33. The van der Waals surface area contributed by atoms with E-state index >= 15 is 0 Å². The first-order chi connectivity index (χ1) is 11.8. The topological polar surface area (TPSA) is 50.7 Å². The molecule has 1 atom stereocenters. The van der Waals surface area contributed by atoms with Crippen LogP contribution in [0.1, 0.15) is 43.3 Å². The Balaban J connectivity index is 1.49. The predicted octanol–water partition coefficient (Wildman–Crippen LogP) is 1.94. The minimum Gasteiger partial charge on any atom is -0.381 e. The summed E-state index contributed by atoms with van der Waals surface area (Å²) in [6.07, 6.45) is 4.85. The predicted molar refractivity (Wildman–Crippen MR) is 92.3 cm³/mol. The highest BCUT2D eigenvalue weighted by Crippen LogP contribution is 2.27. The fourth-order valence-electron chi connectivity index (χ4n) is 4.08.